The van der Waals surface area contributed by atoms with Crippen LogP contribution < -0.4 is 5.32 Å². The predicted molar refractivity (Wildman–Crippen MR) is 68.7 cm³/mol. The van der Waals surface area contributed by atoms with E-state index in [4.69, 9.17) is 9.73 Å². The van der Waals surface area contributed by atoms with Crippen molar-refractivity contribution in [2.45, 2.75) is 40.2 Å². The van der Waals surface area contributed by atoms with Gasteiger partial charge in [-0.25, -0.2) is 0 Å². The molecule has 1 rings (SSSR count). The second-order valence-electron chi connectivity index (χ2n) is 4.53. The van der Waals surface area contributed by atoms with Crippen LogP contribution in [0.15, 0.2) is 28.4 Å². The summed E-state index contributed by atoms with van der Waals surface area (Å²) in [6.07, 6.45) is 1.01. The van der Waals surface area contributed by atoms with Crippen molar-refractivity contribution in [1.29, 1.82) is 0 Å². The fraction of sp³-hybridized carbons (Fsp3) is 0.615. The Bertz CT molecular complexity index is 319. The lowest BCUT2D eigenvalue weighted by Crippen LogP contribution is -2.25. The molecule has 3 nitrogen and oxygen atoms in total. The zero-order valence-corrected chi connectivity index (χ0v) is 10.8. The molecule has 0 aromatic rings. The molecule has 1 saturated heterocycles. The molecule has 0 aromatic carbocycles. The van der Waals surface area contributed by atoms with E-state index in [2.05, 4.69) is 32.7 Å². The topological polar surface area (TPSA) is 33.6 Å². The SMILES string of the molecule is C=C(C)NC(=NC1CCOC1)C(C)=C(C)C. The van der Waals surface area contributed by atoms with Crippen molar-refractivity contribution < 1.29 is 4.74 Å². The highest BCUT2D eigenvalue weighted by Gasteiger charge is 2.16. The standard InChI is InChI=1S/C13H22N2O/c1-9(2)11(5)13(14-10(3)4)15-12-6-7-16-8-12/h12H,3,6-8H2,1-2,4-5H3,(H,14,15). The molecule has 0 bridgehead atoms. The lowest BCUT2D eigenvalue weighted by Gasteiger charge is -2.13. The van der Waals surface area contributed by atoms with E-state index in [1.165, 1.54) is 11.1 Å². The van der Waals surface area contributed by atoms with Gasteiger partial charge in [0.25, 0.3) is 0 Å². The largest absolute Gasteiger partial charge is 0.379 e. The smallest absolute Gasteiger partial charge is 0.128 e. The minimum Gasteiger partial charge on any atom is -0.379 e. The van der Waals surface area contributed by atoms with Gasteiger partial charge in [0.05, 0.1) is 12.6 Å². The van der Waals surface area contributed by atoms with Crippen molar-refractivity contribution in [3.8, 4) is 0 Å². The van der Waals surface area contributed by atoms with Gasteiger partial charge in [0, 0.05) is 12.3 Å². The minimum absolute atomic E-state index is 0.288. The molecular formula is C13H22N2O. The molecule has 0 aromatic heterocycles. The fourth-order valence-corrected chi connectivity index (χ4v) is 1.47. The van der Waals surface area contributed by atoms with Gasteiger partial charge in [-0.15, -0.1) is 0 Å². The third-order valence-corrected chi connectivity index (χ3v) is 2.65. The Morgan fingerprint density at radius 2 is 2.00 bits per heavy atom. The third kappa shape index (κ3) is 3.81. The Kier molecular flexibility index (Phi) is 4.74. The number of hydrogen-bond donors (Lipinski definition) is 1. The first kappa shape index (κ1) is 13.0. The molecule has 0 radical (unpaired) electrons. The second-order valence-corrected chi connectivity index (χ2v) is 4.53. The summed E-state index contributed by atoms with van der Waals surface area (Å²) < 4.78 is 5.33. The van der Waals surface area contributed by atoms with Crippen LogP contribution in [0.25, 0.3) is 0 Å². The summed E-state index contributed by atoms with van der Waals surface area (Å²) in [5.74, 6) is 0.933. The Balaban J connectivity index is 2.85. The van der Waals surface area contributed by atoms with Crippen LogP contribution in [0.3, 0.4) is 0 Å². The summed E-state index contributed by atoms with van der Waals surface area (Å²) in [5, 5.41) is 3.23. The van der Waals surface area contributed by atoms with Crippen molar-refractivity contribution in [2.24, 2.45) is 4.99 Å². The van der Waals surface area contributed by atoms with E-state index in [1.807, 2.05) is 6.92 Å². The summed E-state index contributed by atoms with van der Waals surface area (Å²) in [7, 11) is 0. The average molecular weight is 222 g/mol. The van der Waals surface area contributed by atoms with Crippen molar-refractivity contribution in [1.82, 2.24) is 5.32 Å². The number of nitrogens with one attached hydrogen (secondary N) is 1. The normalized spacial score (nSPS) is 20.8. The molecule has 1 heterocycles. The molecule has 1 unspecified atom stereocenters. The zero-order chi connectivity index (χ0) is 12.1. The Morgan fingerprint density at radius 3 is 2.44 bits per heavy atom. The summed E-state index contributed by atoms with van der Waals surface area (Å²) in [5.41, 5.74) is 3.37. The van der Waals surface area contributed by atoms with Gasteiger partial charge in [0.2, 0.25) is 0 Å². The van der Waals surface area contributed by atoms with Crippen LogP contribution in [0.1, 0.15) is 34.1 Å². The highest BCUT2D eigenvalue weighted by molar-refractivity contribution is 5.99. The molecule has 1 aliphatic rings. The number of amidine groups is 1. The van der Waals surface area contributed by atoms with Crippen LogP contribution in [-0.2, 0) is 4.74 Å². The Hall–Kier alpha value is -1.09. The number of allylic oxidation sites excluding steroid dienone is 2. The van der Waals surface area contributed by atoms with Crippen LogP contribution in [0.2, 0.25) is 0 Å². The Morgan fingerprint density at radius 1 is 1.31 bits per heavy atom. The van der Waals surface area contributed by atoms with E-state index in [0.717, 1.165) is 31.2 Å². The number of ether oxygens (including phenoxy) is 1. The van der Waals surface area contributed by atoms with E-state index < -0.39 is 0 Å². The number of aliphatic imine (C=N–C) groups is 1. The van der Waals surface area contributed by atoms with E-state index >= 15 is 0 Å². The maximum absolute atomic E-state index is 5.33. The first-order valence-electron chi connectivity index (χ1n) is 5.73. The van der Waals surface area contributed by atoms with Gasteiger partial charge >= 0.3 is 0 Å². The molecule has 0 spiro atoms. The third-order valence-electron chi connectivity index (χ3n) is 2.65. The van der Waals surface area contributed by atoms with Crippen LogP contribution in [0.4, 0.5) is 0 Å². The van der Waals surface area contributed by atoms with E-state index in [0.29, 0.717) is 0 Å². The summed E-state index contributed by atoms with van der Waals surface area (Å²) in [4.78, 5) is 4.70. The molecule has 0 aliphatic carbocycles. The number of nitrogens with zero attached hydrogens (tertiary/aromatic N) is 1. The second kappa shape index (κ2) is 5.85. The van der Waals surface area contributed by atoms with Gasteiger partial charge in [-0.05, 0) is 39.7 Å². The molecule has 1 fully saturated rings. The molecule has 1 N–H and O–H groups in total. The van der Waals surface area contributed by atoms with Crippen molar-refractivity contribution in [3.63, 3.8) is 0 Å². The van der Waals surface area contributed by atoms with Crippen molar-refractivity contribution in [3.05, 3.63) is 23.4 Å². The lowest BCUT2D eigenvalue weighted by molar-refractivity contribution is 0.194. The predicted octanol–water partition coefficient (Wildman–Crippen LogP) is 2.65. The van der Waals surface area contributed by atoms with Crippen molar-refractivity contribution >= 4 is 5.84 Å². The molecule has 0 saturated carbocycles. The first-order valence-corrected chi connectivity index (χ1v) is 5.73. The first-order chi connectivity index (χ1) is 7.50. The van der Waals surface area contributed by atoms with Gasteiger partial charge in [-0.3, -0.25) is 4.99 Å². The molecular weight excluding hydrogens is 200 g/mol. The van der Waals surface area contributed by atoms with Gasteiger partial charge < -0.3 is 10.1 Å². The van der Waals surface area contributed by atoms with Crippen LogP contribution in [0.5, 0.6) is 0 Å². The quantitative estimate of drug-likeness (QED) is 0.588. The fourth-order valence-electron chi connectivity index (χ4n) is 1.47. The number of rotatable bonds is 3. The molecule has 90 valence electrons. The highest BCUT2D eigenvalue weighted by atomic mass is 16.5. The maximum atomic E-state index is 5.33. The van der Waals surface area contributed by atoms with Gasteiger partial charge in [0.1, 0.15) is 5.84 Å². The summed E-state index contributed by atoms with van der Waals surface area (Å²) >= 11 is 0. The molecule has 3 heteroatoms. The van der Waals surface area contributed by atoms with Crippen molar-refractivity contribution in [2.75, 3.05) is 13.2 Å². The zero-order valence-electron chi connectivity index (χ0n) is 10.8. The van der Waals surface area contributed by atoms with Gasteiger partial charge in [-0.2, -0.15) is 0 Å². The number of hydrogen-bond acceptors (Lipinski definition) is 2. The summed E-state index contributed by atoms with van der Waals surface area (Å²) in [6.45, 7) is 13.6. The summed E-state index contributed by atoms with van der Waals surface area (Å²) in [6, 6.07) is 0.288. The molecule has 0 amide bonds. The monoisotopic (exact) mass is 222 g/mol. The van der Waals surface area contributed by atoms with Crippen LogP contribution in [0, 0.1) is 0 Å². The van der Waals surface area contributed by atoms with Gasteiger partial charge in [0.15, 0.2) is 0 Å². The maximum Gasteiger partial charge on any atom is 0.128 e. The highest BCUT2D eigenvalue weighted by Crippen LogP contribution is 2.11. The Labute approximate surface area is 98.3 Å². The van der Waals surface area contributed by atoms with Crippen LogP contribution in [-0.4, -0.2) is 25.1 Å². The van der Waals surface area contributed by atoms with E-state index in [1.54, 1.807) is 0 Å². The van der Waals surface area contributed by atoms with Gasteiger partial charge in [-0.1, -0.05) is 12.2 Å². The molecule has 1 aliphatic heterocycles. The lowest BCUT2D eigenvalue weighted by atomic mass is 10.1. The molecule has 1 atom stereocenters. The minimum atomic E-state index is 0.288. The van der Waals surface area contributed by atoms with E-state index in [9.17, 15) is 0 Å². The van der Waals surface area contributed by atoms with E-state index in [-0.39, 0.29) is 6.04 Å². The van der Waals surface area contributed by atoms with Crippen LogP contribution >= 0.6 is 0 Å². The molecule has 16 heavy (non-hydrogen) atoms. The average Bonchev–Trinajstić information content (AvgIpc) is 2.67.